The second kappa shape index (κ2) is 4.22. The highest BCUT2D eigenvalue weighted by molar-refractivity contribution is 5.76. The van der Waals surface area contributed by atoms with Gasteiger partial charge in [0.05, 0.1) is 11.5 Å². The minimum atomic E-state index is -0.526. The Labute approximate surface area is 110 Å². The predicted molar refractivity (Wildman–Crippen MR) is 70.3 cm³/mol. The van der Waals surface area contributed by atoms with E-state index in [0.29, 0.717) is 6.10 Å². The Morgan fingerprint density at radius 3 is 2.22 bits per heavy atom. The van der Waals surface area contributed by atoms with Crippen LogP contribution in [0.25, 0.3) is 0 Å². The summed E-state index contributed by atoms with van der Waals surface area (Å²) >= 11 is 0. The zero-order chi connectivity index (χ0) is 13.6. The van der Waals surface area contributed by atoms with Crippen LogP contribution in [-0.2, 0) is 14.3 Å². The molecule has 2 heterocycles. The molecular weight excluding hydrogens is 228 g/mol. The standard InChI is InChI=1S/C15H26O3/c1-6-13(2,3)12(16)18-14(4,5)15-9-7-11(17-15)8-10-15/h11H,6-10H2,1-5H3. The molecule has 2 bridgehead atoms. The molecule has 0 amide bonds. The Kier molecular flexibility index (Phi) is 3.25. The van der Waals surface area contributed by atoms with Gasteiger partial charge in [0.15, 0.2) is 0 Å². The number of rotatable bonds is 4. The molecule has 0 atom stereocenters. The molecule has 3 nitrogen and oxygen atoms in total. The van der Waals surface area contributed by atoms with Gasteiger partial charge in [-0.3, -0.25) is 4.79 Å². The second-order valence-electron chi connectivity index (χ2n) is 6.95. The largest absolute Gasteiger partial charge is 0.456 e. The van der Waals surface area contributed by atoms with Crippen molar-refractivity contribution in [1.29, 1.82) is 0 Å². The maximum absolute atomic E-state index is 12.3. The first-order chi connectivity index (χ1) is 8.22. The predicted octanol–water partition coefficient (Wildman–Crippen LogP) is 3.46. The van der Waals surface area contributed by atoms with Crippen molar-refractivity contribution >= 4 is 5.97 Å². The van der Waals surface area contributed by atoms with Crippen LogP contribution in [0.15, 0.2) is 0 Å². The molecule has 2 aliphatic rings. The molecular formula is C15H26O3. The molecule has 0 radical (unpaired) electrons. The van der Waals surface area contributed by atoms with Crippen molar-refractivity contribution in [3.8, 4) is 0 Å². The number of hydrogen-bond donors (Lipinski definition) is 0. The molecule has 0 spiro atoms. The van der Waals surface area contributed by atoms with Gasteiger partial charge in [-0.05, 0) is 59.8 Å². The van der Waals surface area contributed by atoms with Gasteiger partial charge in [-0.1, -0.05) is 6.92 Å². The van der Waals surface area contributed by atoms with Crippen molar-refractivity contribution in [3.63, 3.8) is 0 Å². The van der Waals surface area contributed by atoms with Crippen LogP contribution in [0.4, 0.5) is 0 Å². The third-order valence-corrected chi connectivity index (χ3v) is 5.01. The number of carbonyl (C=O) groups is 1. The van der Waals surface area contributed by atoms with Gasteiger partial charge in [0, 0.05) is 0 Å². The molecule has 0 unspecified atom stereocenters. The summed E-state index contributed by atoms with van der Waals surface area (Å²) in [5, 5.41) is 0. The second-order valence-corrected chi connectivity index (χ2v) is 6.95. The first-order valence-corrected chi connectivity index (χ1v) is 7.14. The quantitative estimate of drug-likeness (QED) is 0.721. The van der Waals surface area contributed by atoms with Crippen LogP contribution in [0.5, 0.6) is 0 Å². The Morgan fingerprint density at radius 2 is 1.83 bits per heavy atom. The van der Waals surface area contributed by atoms with Crippen molar-refractivity contribution in [2.24, 2.45) is 5.41 Å². The molecule has 18 heavy (non-hydrogen) atoms. The summed E-state index contributed by atoms with van der Waals surface area (Å²) < 4.78 is 11.9. The normalized spacial score (nSPS) is 31.7. The molecule has 0 aliphatic carbocycles. The molecule has 3 heteroatoms. The van der Waals surface area contributed by atoms with E-state index in [1.54, 1.807) is 0 Å². The van der Waals surface area contributed by atoms with E-state index in [9.17, 15) is 4.79 Å². The van der Waals surface area contributed by atoms with Crippen LogP contribution in [0, 0.1) is 5.41 Å². The molecule has 0 aromatic rings. The lowest BCUT2D eigenvalue weighted by Crippen LogP contribution is -2.52. The van der Waals surface area contributed by atoms with Gasteiger partial charge in [0.2, 0.25) is 0 Å². The number of hydrogen-bond acceptors (Lipinski definition) is 3. The van der Waals surface area contributed by atoms with Crippen molar-refractivity contribution in [2.75, 3.05) is 0 Å². The summed E-state index contributed by atoms with van der Waals surface area (Å²) in [6.45, 7) is 9.91. The maximum atomic E-state index is 12.3. The molecule has 0 N–H and O–H groups in total. The molecule has 0 aromatic heterocycles. The third kappa shape index (κ3) is 2.07. The Morgan fingerprint density at radius 1 is 1.28 bits per heavy atom. The van der Waals surface area contributed by atoms with E-state index in [1.165, 1.54) is 0 Å². The van der Waals surface area contributed by atoms with Gasteiger partial charge in [-0.2, -0.15) is 0 Å². The van der Waals surface area contributed by atoms with Crippen LogP contribution < -0.4 is 0 Å². The average molecular weight is 254 g/mol. The Bertz CT molecular complexity index is 336. The fraction of sp³-hybridized carbons (Fsp3) is 0.933. The lowest BCUT2D eigenvalue weighted by molar-refractivity contribution is -0.195. The first-order valence-electron chi connectivity index (χ1n) is 7.14. The SMILES string of the molecule is CCC(C)(C)C(=O)OC(C)(C)C12CCC(CC1)O2. The zero-order valence-electron chi connectivity index (χ0n) is 12.3. The van der Waals surface area contributed by atoms with Crippen LogP contribution in [0.3, 0.4) is 0 Å². The molecule has 104 valence electrons. The van der Waals surface area contributed by atoms with Gasteiger partial charge >= 0.3 is 5.97 Å². The number of esters is 1. The van der Waals surface area contributed by atoms with Crippen LogP contribution in [-0.4, -0.2) is 23.3 Å². The Hall–Kier alpha value is -0.570. The van der Waals surface area contributed by atoms with Crippen LogP contribution >= 0.6 is 0 Å². The lowest BCUT2D eigenvalue weighted by Gasteiger charge is -2.42. The highest BCUT2D eigenvalue weighted by Crippen LogP contribution is 2.51. The highest BCUT2D eigenvalue weighted by Gasteiger charge is 2.57. The zero-order valence-corrected chi connectivity index (χ0v) is 12.3. The van der Waals surface area contributed by atoms with E-state index in [2.05, 4.69) is 0 Å². The lowest BCUT2D eigenvalue weighted by atomic mass is 9.77. The van der Waals surface area contributed by atoms with Gasteiger partial charge < -0.3 is 9.47 Å². The minimum absolute atomic E-state index is 0.108. The van der Waals surface area contributed by atoms with Crippen molar-refractivity contribution in [2.45, 2.75) is 84.0 Å². The fourth-order valence-electron chi connectivity index (χ4n) is 2.96. The molecule has 2 saturated heterocycles. The fourth-order valence-corrected chi connectivity index (χ4v) is 2.96. The summed E-state index contributed by atoms with van der Waals surface area (Å²) in [5.41, 5.74) is -1.18. The van der Waals surface area contributed by atoms with E-state index in [4.69, 9.17) is 9.47 Å². The molecule has 2 rings (SSSR count). The van der Waals surface area contributed by atoms with E-state index in [-0.39, 0.29) is 11.6 Å². The van der Waals surface area contributed by atoms with E-state index >= 15 is 0 Å². The number of fused-ring (bicyclic) bond motifs is 2. The van der Waals surface area contributed by atoms with Gasteiger partial charge in [0.25, 0.3) is 0 Å². The van der Waals surface area contributed by atoms with E-state index in [0.717, 1.165) is 32.1 Å². The molecule has 0 saturated carbocycles. The summed E-state index contributed by atoms with van der Waals surface area (Å²) in [4.78, 5) is 12.3. The minimum Gasteiger partial charge on any atom is -0.456 e. The smallest absolute Gasteiger partial charge is 0.312 e. The third-order valence-electron chi connectivity index (χ3n) is 5.01. The summed E-state index contributed by atoms with van der Waals surface area (Å²) in [5.74, 6) is -0.108. The van der Waals surface area contributed by atoms with Gasteiger partial charge in [-0.15, -0.1) is 0 Å². The summed E-state index contributed by atoms with van der Waals surface area (Å²) in [6, 6.07) is 0. The van der Waals surface area contributed by atoms with Gasteiger partial charge in [-0.25, -0.2) is 0 Å². The van der Waals surface area contributed by atoms with Crippen LogP contribution in [0.1, 0.15) is 66.7 Å². The first kappa shape index (κ1) is 13.9. The number of ether oxygens (including phenoxy) is 2. The van der Waals surface area contributed by atoms with E-state index < -0.39 is 11.0 Å². The van der Waals surface area contributed by atoms with Crippen molar-refractivity contribution < 1.29 is 14.3 Å². The maximum Gasteiger partial charge on any atom is 0.312 e. The van der Waals surface area contributed by atoms with Crippen molar-refractivity contribution in [1.82, 2.24) is 0 Å². The topological polar surface area (TPSA) is 35.5 Å². The number of carbonyl (C=O) groups excluding carboxylic acids is 1. The average Bonchev–Trinajstić information content (AvgIpc) is 2.90. The highest BCUT2D eigenvalue weighted by atomic mass is 16.6. The molecule has 0 aromatic carbocycles. The van der Waals surface area contributed by atoms with Crippen LogP contribution in [0.2, 0.25) is 0 Å². The van der Waals surface area contributed by atoms with Gasteiger partial charge in [0.1, 0.15) is 11.2 Å². The molecule has 2 fully saturated rings. The van der Waals surface area contributed by atoms with Crippen molar-refractivity contribution in [3.05, 3.63) is 0 Å². The summed E-state index contributed by atoms with van der Waals surface area (Å²) in [6.07, 6.45) is 5.44. The molecule has 2 aliphatic heterocycles. The summed E-state index contributed by atoms with van der Waals surface area (Å²) in [7, 11) is 0. The monoisotopic (exact) mass is 254 g/mol. The van der Waals surface area contributed by atoms with E-state index in [1.807, 2.05) is 34.6 Å². The Balaban J connectivity index is 2.10.